The molecule has 0 aromatic heterocycles. The second-order valence-corrected chi connectivity index (χ2v) is 11.6. The van der Waals surface area contributed by atoms with Gasteiger partial charge in [0.1, 0.15) is 0 Å². The molecule has 0 radical (unpaired) electrons. The lowest BCUT2D eigenvalue weighted by Crippen LogP contribution is -2.53. The molecule has 1 unspecified atom stereocenters. The molecule has 4 saturated heterocycles. The van der Waals surface area contributed by atoms with E-state index in [2.05, 4.69) is 4.90 Å². The molecule has 1 atom stereocenters. The molecule has 4 heterocycles. The molecule has 1 amide bonds. The first-order valence-corrected chi connectivity index (χ1v) is 13.7. The third-order valence-electron chi connectivity index (χ3n) is 7.63. The highest BCUT2D eigenvalue weighted by molar-refractivity contribution is 7.86. The molecule has 0 aromatic carbocycles. The quantitative estimate of drug-likeness (QED) is 0.673. The Morgan fingerprint density at radius 2 is 1.20 bits per heavy atom. The van der Waals surface area contributed by atoms with E-state index in [0.717, 1.165) is 64.5 Å². The number of piperidine rings is 3. The summed E-state index contributed by atoms with van der Waals surface area (Å²) in [6, 6.07) is 0.626. The SMILES string of the molecule is O=C(C1CCCN(S(=O)(=O)N2CCCCCC2)C1)N1CCC(N2CCCCC2)CC1. The Labute approximate surface area is 182 Å². The van der Waals surface area contributed by atoms with Crippen molar-refractivity contribution in [3.63, 3.8) is 0 Å². The van der Waals surface area contributed by atoms with Gasteiger partial charge in [-0.15, -0.1) is 0 Å². The topological polar surface area (TPSA) is 64.2 Å². The number of hydrogen-bond donors (Lipinski definition) is 0. The van der Waals surface area contributed by atoms with Gasteiger partial charge in [-0.2, -0.15) is 17.0 Å². The zero-order valence-electron chi connectivity index (χ0n) is 18.5. The molecule has 0 spiro atoms. The van der Waals surface area contributed by atoms with Crippen LogP contribution in [0, 0.1) is 5.92 Å². The van der Waals surface area contributed by atoms with Gasteiger partial charge in [-0.3, -0.25) is 4.79 Å². The minimum Gasteiger partial charge on any atom is -0.342 e. The highest BCUT2D eigenvalue weighted by Gasteiger charge is 2.38. The minimum absolute atomic E-state index is 0.174. The maximum atomic E-state index is 13.2. The van der Waals surface area contributed by atoms with Crippen LogP contribution in [0.4, 0.5) is 0 Å². The fraction of sp³-hybridized carbons (Fsp3) is 0.955. The Kier molecular flexibility index (Phi) is 7.71. The normalized spacial score (nSPS) is 29.6. The van der Waals surface area contributed by atoms with E-state index in [4.69, 9.17) is 0 Å². The van der Waals surface area contributed by atoms with Gasteiger partial charge in [-0.1, -0.05) is 19.3 Å². The smallest absolute Gasteiger partial charge is 0.281 e. The summed E-state index contributed by atoms with van der Waals surface area (Å²) in [7, 11) is -3.44. The molecule has 0 saturated carbocycles. The van der Waals surface area contributed by atoms with Gasteiger partial charge in [0, 0.05) is 45.3 Å². The van der Waals surface area contributed by atoms with Gasteiger partial charge in [-0.05, 0) is 64.5 Å². The number of carbonyl (C=O) groups excluding carboxylic acids is 1. The first-order valence-electron chi connectivity index (χ1n) is 12.3. The number of likely N-dealkylation sites (tertiary alicyclic amines) is 2. The summed E-state index contributed by atoms with van der Waals surface area (Å²) in [5.41, 5.74) is 0. The summed E-state index contributed by atoms with van der Waals surface area (Å²) in [4.78, 5) is 17.9. The van der Waals surface area contributed by atoms with Crippen molar-refractivity contribution in [3.05, 3.63) is 0 Å². The van der Waals surface area contributed by atoms with Crippen LogP contribution < -0.4 is 0 Å². The zero-order valence-corrected chi connectivity index (χ0v) is 19.3. The summed E-state index contributed by atoms with van der Waals surface area (Å²) >= 11 is 0. The molecule has 0 N–H and O–H groups in total. The lowest BCUT2D eigenvalue weighted by Gasteiger charge is -2.42. The van der Waals surface area contributed by atoms with Crippen LogP contribution in [0.15, 0.2) is 0 Å². The van der Waals surface area contributed by atoms with Crippen molar-refractivity contribution in [2.24, 2.45) is 5.92 Å². The van der Waals surface area contributed by atoms with E-state index in [-0.39, 0.29) is 11.8 Å². The van der Waals surface area contributed by atoms with Gasteiger partial charge < -0.3 is 9.80 Å². The van der Waals surface area contributed by atoms with Crippen LogP contribution in [-0.2, 0) is 15.0 Å². The van der Waals surface area contributed by atoms with Crippen LogP contribution in [0.25, 0.3) is 0 Å². The van der Waals surface area contributed by atoms with Crippen molar-refractivity contribution in [3.8, 4) is 0 Å². The molecule has 4 aliphatic rings. The molecule has 4 aliphatic heterocycles. The molecule has 0 aromatic rings. The molecule has 0 bridgehead atoms. The van der Waals surface area contributed by atoms with Crippen LogP contribution in [-0.4, -0.2) is 91.1 Å². The molecular weight excluding hydrogens is 400 g/mol. The second-order valence-electron chi connectivity index (χ2n) is 9.67. The largest absolute Gasteiger partial charge is 0.342 e. The highest BCUT2D eigenvalue weighted by atomic mass is 32.2. The second kappa shape index (κ2) is 10.3. The standard InChI is InChI=1S/C22H40N4O3S/c27-22(24-17-10-21(11-18-24)23-12-4-3-5-13-23)20-9-8-16-26(19-20)30(28,29)25-14-6-1-2-7-15-25/h20-21H,1-19H2. The Morgan fingerprint density at radius 1 is 0.633 bits per heavy atom. The third-order valence-corrected chi connectivity index (χ3v) is 9.64. The fourth-order valence-electron chi connectivity index (χ4n) is 5.78. The zero-order chi connectivity index (χ0) is 21.0. The van der Waals surface area contributed by atoms with E-state index in [0.29, 0.717) is 32.2 Å². The molecule has 0 aliphatic carbocycles. The number of nitrogens with zero attached hydrogens (tertiary/aromatic N) is 4. The lowest BCUT2D eigenvalue weighted by atomic mass is 9.95. The number of rotatable bonds is 4. The van der Waals surface area contributed by atoms with E-state index in [1.165, 1.54) is 32.4 Å². The highest BCUT2D eigenvalue weighted by Crippen LogP contribution is 2.27. The first kappa shape index (κ1) is 22.5. The number of hydrogen-bond acceptors (Lipinski definition) is 4. The molecule has 7 nitrogen and oxygen atoms in total. The molecule has 4 rings (SSSR count). The van der Waals surface area contributed by atoms with E-state index >= 15 is 0 Å². The van der Waals surface area contributed by atoms with Crippen molar-refractivity contribution in [1.29, 1.82) is 0 Å². The Bertz CT molecular complexity index is 664. The minimum atomic E-state index is -3.44. The summed E-state index contributed by atoms with van der Waals surface area (Å²) < 4.78 is 29.6. The Hall–Kier alpha value is -0.700. The van der Waals surface area contributed by atoms with Crippen LogP contribution in [0.3, 0.4) is 0 Å². The molecule has 30 heavy (non-hydrogen) atoms. The average molecular weight is 441 g/mol. The fourth-order valence-corrected chi connectivity index (χ4v) is 7.56. The van der Waals surface area contributed by atoms with Crippen molar-refractivity contribution in [2.45, 2.75) is 76.7 Å². The van der Waals surface area contributed by atoms with Crippen LogP contribution in [0.2, 0.25) is 0 Å². The van der Waals surface area contributed by atoms with Gasteiger partial charge in [0.2, 0.25) is 5.91 Å². The molecule has 172 valence electrons. The van der Waals surface area contributed by atoms with Crippen molar-refractivity contribution in [1.82, 2.24) is 18.4 Å². The summed E-state index contributed by atoms with van der Waals surface area (Å²) in [5.74, 6) is 0.00917. The van der Waals surface area contributed by atoms with E-state index < -0.39 is 10.2 Å². The molecule has 4 fully saturated rings. The monoisotopic (exact) mass is 440 g/mol. The van der Waals surface area contributed by atoms with Gasteiger partial charge in [-0.25, -0.2) is 0 Å². The van der Waals surface area contributed by atoms with Crippen molar-refractivity contribution in [2.75, 3.05) is 52.4 Å². The summed E-state index contributed by atoms with van der Waals surface area (Å²) in [6.07, 6.45) is 11.8. The summed E-state index contributed by atoms with van der Waals surface area (Å²) in [5, 5.41) is 0. The van der Waals surface area contributed by atoms with Gasteiger partial charge in [0.05, 0.1) is 5.92 Å². The average Bonchev–Trinajstić information content (AvgIpc) is 3.10. The van der Waals surface area contributed by atoms with Crippen molar-refractivity contribution >= 4 is 16.1 Å². The van der Waals surface area contributed by atoms with Crippen LogP contribution in [0.5, 0.6) is 0 Å². The Balaban J connectivity index is 1.31. The van der Waals surface area contributed by atoms with Gasteiger partial charge >= 0.3 is 0 Å². The van der Waals surface area contributed by atoms with Crippen LogP contribution >= 0.6 is 0 Å². The summed E-state index contributed by atoms with van der Waals surface area (Å²) in [6.45, 7) is 6.26. The molecule has 8 heteroatoms. The van der Waals surface area contributed by atoms with E-state index in [1.54, 1.807) is 8.61 Å². The van der Waals surface area contributed by atoms with E-state index in [1.807, 2.05) is 4.90 Å². The van der Waals surface area contributed by atoms with Gasteiger partial charge in [0.25, 0.3) is 10.2 Å². The number of carbonyl (C=O) groups is 1. The third kappa shape index (κ3) is 5.19. The maximum absolute atomic E-state index is 13.2. The maximum Gasteiger partial charge on any atom is 0.281 e. The first-order chi connectivity index (χ1) is 14.6. The lowest BCUT2D eigenvalue weighted by molar-refractivity contribution is -0.138. The molecular formula is C22H40N4O3S. The van der Waals surface area contributed by atoms with E-state index in [9.17, 15) is 13.2 Å². The predicted octanol–water partition coefficient (Wildman–Crippen LogP) is 2.30. The number of amides is 1. The Morgan fingerprint density at radius 3 is 1.87 bits per heavy atom. The predicted molar refractivity (Wildman–Crippen MR) is 118 cm³/mol. The van der Waals surface area contributed by atoms with Gasteiger partial charge in [0.15, 0.2) is 0 Å². The van der Waals surface area contributed by atoms with Crippen LogP contribution in [0.1, 0.15) is 70.6 Å². The van der Waals surface area contributed by atoms with Crippen molar-refractivity contribution < 1.29 is 13.2 Å².